The van der Waals surface area contributed by atoms with Crippen LogP contribution in [-0.4, -0.2) is 42.5 Å². The van der Waals surface area contributed by atoms with E-state index < -0.39 is 37.9 Å². The molecule has 0 aliphatic rings. The Morgan fingerprint density at radius 3 is 2.20 bits per heavy atom. The zero-order valence-electron chi connectivity index (χ0n) is 18.1. The van der Waals surface area contributed by atoms with Gasteiger partial charge in [0.05, 0.1) is 16.8 Å². The van der Waals surface area contributed by atoms with Crippen LogP contribution in [0.25, 0.3) is 0 Å². The summed E-state index contributed by atoms with van der Waals surface area (Å²) >= 11 is 0. The molecule has 0 unspecified atom stereocenters. The van der Waals surface area contributed by atoms with Gasteiger partial charge in [0.25, 0.3) is 5.91 Å². The molecule has 1 rings (SSSR count). The number of sulfone groups is 1. The molecule has 9 nitrogen and oxygen atoms in total. The summed E-state index contributed by atoms with van der Waals surface area (Å²) in [6.45, 7) is 6.59. The molecule has 2 amide bonds. The Bertz CT molecular complexity index is 826. The van der Waals surface area contributed by atoms with Gasteiger partial charge in [-0.3, -0.25) is 20.2 Å². The van der Waals surface area contributed by atoms with Gasteiger partial charge in [0, 0.05) is 6.26 Å². The number of hydroxylamine groups is 1. The van der Waals surface area contributed by atoms with Crippen LogP contribution < -0.4 is 16.7 Å². The maximum absolute atomic E-state index is 13.1. The molecule has 0 fully saturated rings. The minimum absolute atomic E-state index is 0.0318. The summed E-state index contributed by atoms with van der Waals surface area (Å²) in [7, 11) is -3.62. The summed E-state index contributed by atoms with van der Waals surface area (Å²) in [6, 6.07) is 8.96. The lowest BCUT2D eigenvalue weighted by Crippen LogP contribution is -2.59. The smallest absolute Gasteiger partial charge is 0.273 e. The molecule has 0 aromatic heterocycles. The van der Waals surface area contributed by atoms with Gasteiger partial charge >= 0.3 is 0 Å². The predicted octanol–water partition coefficient (Wildman–Crippen LogP) is 1.31. The summed E-state index contributed by atoms with van der Waals surface area (Å²) in [6.07, 6.45) is -0.566. The van der Waals surface area contributed by atoms with E-state index in [9.17, 15) is 23.2 Å². The Morgan fingerprint density at radius 2 is 1.77 bits per heavy atom. The average Bonchev–Trinajstić information content (AvgIpc) is 2.66. The molecule has 30 heavy (non-hydrogen) atoms. The summed E-state index contributed by atoms with van der Waals surface area (Å²) in [5.74, 6) is 3.63. The molecule has 0 saturated heterocycles. The Kier molecular flexibility index (Phi) is 8.97. The van der Waals surface area contributed by atoms with Crippen molar-refractivity contribution >= 4 is 21.7 Å². The van der Waals surface area contributed by atoms with Gasteiger partial charge in [0.2, 0.25) is 5.91 Å². The number of benzene rings is 1. The largest absolute Gasteiger partial charge is 0.362 e. The Balaban J connectivity index is 3.56. The third-order valence-electron chi connectivity index (χ3n) is 5.21. The van der Waals surface area contributed by atoms with Crippen LogP contribution in [0.2, 0.25) is 0 Å². The lowest BCUT2D eigenvalue weighted by molar-refractivity contribution is -0.165. The number of nitrogens with two attached hydrogens (primary N) is 1. The van der Waals surface area contributed by atoms with Gasteiger partial charge in [-0.05, 0) is 38.2 Å². The second-order valence-electron chi connectivity index (χ2n) is 8.59. The molecule has 1 aromatic carbocycles. The summed E-state index contributed by atoms with van der Waals surface area (Å²) < 4.78 is 29.3. The highest BCUT2D eigenvalue weighted by Crippen LogP contribution is 2.43. The lowest BCUT2D eigenvalue weighted by atomic mass is 9.69. The Morgan fingerprint density at radius 1 is 1.20 bits per heavy atom. The molecule has 0 bridgehead atoms. The van der Waals surface area contributed by atoms with Gasteiger partial charge in [-0.1, -0.05) is 44.2 Å². The van der Waals surface area contributed by atoms with Crippen molar-refractivity contribution in [3.8, 4) is 0 Å². The highest BCUT2D eigenvalue weighted by atomic mass is 32.2. The maximum Gasteiger partial charge on any atom is 0.273 e. The third-order valence-corrected chi connectivity index (χ3v) is 7.36. The summed E-state index contributed by atoms with van der Waals surface area (Å²) in [4.78, 5) is 25.7. The van der Waals surface area contributed by atoms with Crippen LogP contribution in [0.5, 0.6) is 0 Å². The molecule has 170 valence electrons. The molecule has 0 heterocycles. The monoisotopic (exact) mass is 443 g/mol. The first-order valence-corrected chi connectivity index (χ1v) is 11.5. The molecule has 5 N–H and O–H groups in total. The van der Waals surface area contributed by atoms with Crippen molar-refractivity contribution in [2.24, 2.45) is 17.2 Å². The number of carbonyl (C=O) groups excluding carboxylic acids is 2. The number of nitrogens with one attached hydrogen (secondary N) is 2. The van der Waals surface area contributed by atoms with Crippen LogP contribution in [0.4, 0.5) is 0 Å². The number of carbonyl (C=O) groups is 2. The van der Waals surface area contributed by atoms with Crippen LogP contribution in [0, 0.1) is 11.3 Å². The Labute approximate surface area is 178 Å². The molecule has 0 aliphatic heterocycles. The highest BCUT2D eigenvalue weighted by Gasteiger charge is 2.54. The number of hydrogen-bond acceptors (Lipinski definition) is 7. The van der Waals surface area contributed by atoms with Gasteiger partial charge in [0.15, 0.2) is 15.9 Å². The Hall–Kier alpha value is -2.01. The molecular formula is C20H33N3O6S. The van der Waals surface area contributed by atoms with E-state index in [1.54, 1.807) is 29.7 Å². The second-order valence-corrected chi connectivity index (χ2v) is 11.2. The number of ether oxygens (including phenoxy) is 1. The average molecular weight is 444 g/mol. The van der Waals surface area contributed by atoms with Crippen molar-refractivity contribution in [2.45, 2.75) is 58.0 Å². The van der Waals surface area contributed by atoms with Gasteiger partial charge in [0.1, 0.15) is 0 Å². The zero-order valence-corrected chi connectivity index (χ0v) is 19.0. The van der Waals surface area contributed by atoms with Crippen LogP contribution in [0.15, 0.2) is 30.3 Å². The quantitative estimate of drug-likeness (QED) is 0.174. The molecule has 10 heteroatoms. The highest BCUT2D eigenvalue weighted by molar-refractivity contribution is 7.92. The van der Waals surface area contributed by atoms with E-state index in [2.05, 4.69) is 5.43 Å². The van der Waals surface area contributed by atoms with E-state index in [4.69, 9.17) is 10.6 Å². The fourth-order valence-corrected chi connectivity index (χ4v) is 4.15. The summed E-state index contributed by atoms with van der Waals surface area (Å²) in [5.41, 5.74) is 2.70. The van der Waals surface area contributed by atoms with E-state index >= 15 is 0 Å². The molecule has 0 radical (unpaired) electrons. The normalized spacial score (nSPS) is 15.3. The number of amides is 2. The maximum atomic E-state index is 13.1. The third kappa shape index (κ3) is 6.24. The minimum Gasteiger partial charge on any atom is -0.362 e. The molecule has 0 saturated carbocycles. The van der Waals surface area contributed by atoms with Gasteiger partial charge in [-0.2, -0.15) is 0 Å². The number of hydrogen-bond donors (Lipinski definition) is 4. The first kappa shape index (κ1) is 26.0. The summed E-state index contributed by atoms with van der Waals surface area (Å²) in [5, 5.41) is 9.35. The van der Waals surface area contributed by atoms with Crippen LogP contribution in [0.1, 0.15) is 46.1 Å². The van der Waals surface area contributed by atoms with Crippen LogP contribution >= 0.6 is 0 Å². The molecule has 0 aliphatic carbocycles. The van der Waals surface area contributed by atoms with Crippen molar-refractivity contribution in [3.63, 3.8) is 0 Å². The van der Waals surface area contributed by atoms with Crippen molar-refractivity contribution in [1.29, 1.82) is 0 Å². The minimum atomic E-state index is -3.62. The first-order chi connectivity index (χ1) is 13.8. The topological polar surface area (TPSA) is 148 Å². The molecule has 0 spiro atoms. The van der Waals surface area contributed by atoms with Crippen LogP contribution in [-0.2, 0) is 30.8 Å². The first-order valence-electron chi connectivity index (χ1n) is 9.61. The molecular weight excluding hydrogens is 410 g/mol. The van der Waals surface area contributed by atoms with E-state index in [1.165, 1.54) is 13.8 Å². The van der Waals surface area contributed by atoms with Crippen molar-refractivity contribution in [2.75, 3.05) is 6.26 Å². The van der Waals surface area contributed by atoms with Gasteiger partial charge in [-0.15, -0.1) is 0 Å². The fourth-order valence-electron chi connectivity index (χ4n) is 3.63. The van der Waals surface area contributed by atoms with E-state index in [-0.39, 0.29) is 25.4 Å². The van der Waals surface area contributed by atoms with E-state index in [0.29, 0.717) is 0 Å². The molecule has 1 aromatic rings. The SMILES string of the molecule is CC(C)C[C@](CC(C)(C)S(C)(=O)=O)(C(=O)NN)[C@H](OCc1ccccc1)C(=O)NO. The van der Waals surface area contributed by atoms with Gasteiger partial charge in [-0.25, -0.2) is 19.7 Å². The predicted molar refractivity (Wildman–Crippen MR) is 113 cm³/mol. The zero-order chi connectivity index (χ0) is 23.2. The van der Waals surface area contributed by atoms with Crippen molar-refractivity contribution in [1.82, 2.24) is 10.9 Å². The molecule has 2 atom stereocenters. The van der Waals surface area contributed by atoms with Crippen molar-refractivity contribution < 1.29 is 28.0 Å². The van der Waals surface area contributed by atoms with Crippen molar-refractivity contribution in [3.05, 3.63) is 35.9 Å². The van der Waals surface area contributed by atoms with Gasteiger partial charge < -0.3 is 4.74 Å². The lowest BCUT2D eigenvalue weighted by Gasteiger charge is -2.42. The standard InChI is InChI=1S/C20H33N3O6S/c1-14(2)11-20(18(25)22-21,13-19(3,4)30(5,27)28)16(17(24)23-26)29-12-15-9-7-6-8-10-15/h6-10,14,16,26H,11-13,21H2,1-5H3,(H,22,25)(H,23,24)/t16-,20-/m1/s1. The van der Waals surface area contributed by atoms with E-state index in [1.807, 2.05) is 19.9 Å². The fraction of sp³-hybridized carbons (Fsp3) is 0.600. The van der Waals surface area contributed by atoms with E-state index in [0.717, 1.165) is 11.8 Å². The van der Waals surface area contributed by atoms with Crippen LogP contribution in [0.3, 0.4) is 0 Å². The second kappa shape index (κ2) is 10.3. The number of rotatable bonds is 11. The number of hydrazine groups is 1.